The molecule has 2 aromatic heterocycles. The summed E-state index contributed by atoms with van der Waals surface area (Å²) in [6.07, 6.45) is 4.87. The lowest BCUT2D eigenvalue weighted by molar-refractivity contribution is 0.102. The lowest BCUT2D eigenvalue weighted by Crippen LogP contribution is -2.12. The number of fused-ring (bicyclic) bond motifs is 1. The highest BCUT2D eigenvalue weighted by Crippen LogP contribution is 2.18. The summed E-state index contributed by atoms with van der Waals surface area (Å²) in [6.45, 7) is 0. The van der Waals surface area contributed by atoms with Crippen LogP contribution in [0.25, 0.3) is 10.9 Å². The van der Waals surface area contributed by atoms with Crippen LogP contribution in [0.3, 0.4) is 0 Å². The number of aromatic amines is 1. The van der Waals surface area contributed by atoms with Crippen LogP contribution < -0.4 is 5.32 Å². The minimum absolute atomic E-state index is 0.198. The fourth-order valence-electron chi connectivity index (χ4n) is 1.76. The molecular formula is C13H9BrN4O. The summed E-state index contributed by atoms with van der Waals surface area (Å²) in [6, 6.07) is 7.28. The normalized spacial score (nSPS) is 10.6. The summed E-state index contributed by atoms with van der Waals surface area (Å²) in [5.41, 5.74) is 2.16. The zero-order chi connectivity index (χ0) is 13.2. The van der Waals surface area contributed by atoms with Crippen molar-refractivity contribution in [3.8, 4) is 0 Å². The van der Waals surface area contributed by atoms with E-state index in [-0.39, 0.29) is 5.91 Å². The highest BCUT2D eigenvalue weighted by molar-refractivity contribution is 9.10. The van der Waals surface area contributed by atoms with E-state index in [9.17, 15) is 4.79 Å². The van der Waals surface area contributed by atoms with Crippen LogP contribution >= 0.6 is 15.9 Å². The first-order valence-electron chi connectivity index (χ1n) is 5.57. The molecule has 94 valence electrons. The monoisotopic (exact) mass is 316 g/mol. The molecule has 0 unspecified atom stereocenters. The maximum atomic E-state index is 12.0. The quantitative estimate of drug-likeness (QED) is 0.763. The van der Waals surface area contributed by atoms with Gasteiger partial charge in [-0.1, -0.05) is 0 Å². The van der Waals surface area contributed by atoms with Gasteiger partial charge in [0.1, 0.15) is 0 Å². The number of pyridine rings is 1. The standard InChI is InChI=1S/C13H9BrN4O/c14-10-3-9(5-15-7-10)13(19)17-11-1-2-12-8(4-11)6-16-18-12/h1-7H,(H,16,18)(H,17,19). The third kappa shape index (κ3) is 2.48. The molecule has 0 atom stereocenters. The van der Waals surface area contributed by atoms with Crippen molar-refractivity contribution in [2.45, 2.75) is 0 Å². The van der Waals surface area contributed by atoms with E-state index in [0.717, 1.165) is 21.1 Å². The number of hydrogen-bond acceptors (Lipinski definition) is 3. The molecule has 2 heterocycles. The third-order valence-electron chi connectivity index (χ3n) is 2.67. The second kappa shape index (κ2) is 4.81. The lowest BCUT2D eigenvalue weighted by Gasteiger charge is -2.05. The topological polar surface area (TPSA) is 70.7 Å². The van der Waals surface area contributed by atoms with Gasteiger partial charge in [0.25, 0.3) is 5.91 Å². The van der Waals surface area contributed by atoms with E-state index in [1.165, 1.54) is 6.20 Å². The van der Waals surface area contributed by atoms with Gasteiger partial charge in [-0.05, 0) is 40.2 Å². The van der Waals surface area contributed by atoms with Crippen molar-refractivity contribution in [3.05, 3.63) is 52.9 Å². The van der Waals surface area contributed by atoms with Gasteiger partial charge in [-0.3, -0.25) is 14.9 Å². The van der Waals surface area contributed by atoms with Crippen LogP contribution in [0, 0.1) is 0 Å². The van der Waals surface area contributed by atoms with Crippen LogP contribution in [0.4, 0.5) is 5.69 Å². The van der Waals surface area contributed by atoms with Crippen molar-refractivity contribution < 1.29 is 4.79 Å². The van der Waals surface area contributed by atoms with E-state index in [0.29, 0.717) is 5.56 Å². The molecule has 6 heteroatoms. The Morgan fingerprint density at radius 2 is 2.11 bits per heavy atom. The Kier molecular flexibility index (Phi) is 3.00. The smallest absolute Gasteiger partial charge is 0.257 e. The summed E-state index contributed by atoms with van der Waals surface area (Å²) in [5, 5.41) is 10.6. The third-order valence-corrected chi connectivity index (χ3v) is 3.10. The van der Waals surface area contributed by atoms with Crippen molar-refractivity contribution in [2.75, 3.05) is 5.32 Å². The van der Waals surface area contributed by atoms with Gasteiger partial charge in [0.05, 0.1) is 17.3 Å². The number of hydrogen-bond donors (Lipinski definition) is 2. The van der Waals surface area contributed by atoms with Gasteiger partial charge in [0, 0.05) is 27.9 Å². The van der Waals surface area contributed by atoms with Gasteiger partial charge in [-0.2, -0.15) is 5.10 Å². The first kappa shape index (κ1) is 11.9. The van der Waals surface area contributed by atoms with Crippen LogP contribution in [0.1, 0.15) is 10.4 Å². The molecule has 1 aromatic carbocycles. The number of H-pyrrole nitrogens is 1. The lowest BCUT2D eigenvalue weighted by atomic mass is 10.2. The number of carbonyl (C=O) groups excluding carboxylic acids is 1. The van der Waals surface area contributed by atoms with Crippen molar-refractivity contribution >= 4 is 38.4 Å². The van der Waals surface area contributed by atoms with Crippen LogP contribution in [0.2, 0.25) is 0 Å². The van der Waals surface area contributed by atoms with Crippen molar-refractivity contribution in [1.29, 1.82) is 0 Å². The number of halogens is 1. The van der Waals surface area contributed by atoms with Crippen molar-refractivity contribution in [1.82, 2.24) is 15.2 Å². The number of anilines is 1. The van der Waals surface area contributed by atoms with E-state index >= 15 is 0 Å². The van der Waals surface area contributed by atoms with Gasteiger partial charge in [0.15, 0.2) is 0 Å². The number of amides is 1. The maximum Gasteiger partial charge on any atom is 0.257 e. The van der Waals surface area contributed by atoms with Crippen molar-refractivity contribution in [3.63, 3.8) is 0 Å². The fraction of sp³-hybridized carbons (Fsp3) is 0. The van der Waals surface area contributed by atoms with Crippen molar-refractivity contribution in [2.24, 2.45) is 0 Å². The van der Waals surface area contributed by atoms with Gasteiger partial charge < -0.3 is 5.32 Å². The average Bonchev–Trinajstić information content (AvgIpc) is 2.86. The Hall–Kier alpha value is -2.21. The van der Waals surface area contributed by atoms with E-state index in [1.54, 1.807) is 18.5 Å². The fourth-order valence-corrected chi connectivity index (χ4v) is 2.12. The highest BCUT2D eigenvalue weighted by Gasteiger charge is 2.07. The van der Waals surface area contributed by atoms with Crippen LogP contribution in [0.15, 0.2) is 47.3 Å². The molecular weight excluding hydrogens is 308 g/mol. The van der Waals surface area contributed by atoms with E-state index in [2.05, 4.69) is 36.4 Å². The predicted molar refractivity (Wildman–Crippen MR) is 76.0 cm³/mol. The number of carbonyl (C=O) groups is 1. The highest BCUT2D eigenvalue weighted by atomic mass is 79.9. The second-order valence-electron chi connectivity index (χ2n) is 4.02. The minimum atomic E-state index is -0.198. The molecule has 0 bridgehead atoms. The molecule has 19 heavy (non-hydrogen) atoms. The molecule has 2 N–H and O–H groups in total. The number of nitrogens with one attached hydrogen (secondary N) is 2. The Labute approximate surface area is 117 Å². The molecule has 0 spiro atoms. The number of aromatic nitrogens is 3. The number of nitrogens with zero attached hydrogens (tertiary/aromatic N) is 2. The SMILES string of the molecule is O=C(Nc1ccc2[nH]ncc2c1)c1cncc(Br)c1. The van der Waals surface area contributed by atoms with E-state index in [4.69, 9.17) is 0 Å². The van der Waals surface area contributed by atoms with Crippen LogP contribution in [-0.4, -0.2) is 21.1 Å². The minimum Gasteiger partial charge on any atom is -0.322 e. The molecule has 0 aliphatic heterocycles. The van der Waals surface area contributed by atoms with Gasteiger partial charge in [0.2, 0.25) is 0 Å². The van der Waals surface area contributed by atoms with E-state index < -0.39 is 0 Å². The van der Waals surface area contributed by atoms with Crippen LogP contribution in [0.5, 0.6) is 0 Å². The summed E-state index contributed by atoms with van der Waals surface area (Å²) in [7, 11) is 0. The average molecular weight is 317 g/mol. The zero-order valence-electron chi connectivity index (χ0n) is 9.72. The van der Waals surface area contributed by atoms with Gasteiger partial charge >= 0.3 is 0 Å². The molecule has 0 saturated heterocycles. The van der Waals surface area contributed by atoms with Crippen LogP contribution in [-0.2, 0) is 0 Å². The molecule has 0 aliphatic rings. The molecule has 0 saturated carbocycles. The molecule has 3 rings (SSSR count). The molecule has 0 fully saturated rings. The largest absolute Gasteiger partial charge is 0.322 e. The zero-order valence-corrected chi connectivity index (χ0v) is 11.3. The van der Waals surface area contributed by atoms with Gasteiger partial charge in [-0.25, -0.2) is 0 Å². The molecule has 0 aliphatic carbocycles. The molecule has 5 nitrogen and oxygen atoms in total. The Bertz CT molecular complexity index is 753. The number of benzene rings is 1. The first-order chi connectivity index (χ1) is 9.22. The Morgan fingerprint density at radius 3 is 2.95 bits per heavy atom. The summed E-state index contributed by atoms with van der Waals surface area (Å²) < 4.78 is 0.769. The summed E-state index contributed by atoms with van der Waals surface area (Å²) in [4.78, 5) is 16.0. The molecule has 1 amide bonds. The second-order valence-corrected chi connectivity index (χ2v) is 4.93. The Balaban J connectivity index is 1.86. The van der Waals surface area contributed by atoms with Gasteiger partial charge in [-0.15, -0.1) is 0 Å². The van der Waals surface area contributed by atoms with E-state index in [1.807, 2.05) is 18.2 Å². The summed E-state index contributed by atoms with van der Waals surface area (Å²) in [5.74, 6) is -0.198. The Morgan fingerprint density at radius 1 is 1.21 bits per heavy atom. The molecule has 0 radical (unpaired) electrons. The first-order valence-corrected chi connectivity index (χ1v) is 6.37. The maximum absolute atomic E-state index is 12.0. The molecule has 3 aromatic rings. The summed E-state index contributed by atoms with van der Waals surface area (Å²) >= 11 is 3.29. The predicted octanol–water partition coefficient (Wildman–Crippen LogP) is 2.97. The number of rotatable bonds is 2.